The predicted molar refractivity (Wildman–Crippen MR) is 215 cm³/mol. The Labute approximate surface area is 302 Å². The Hall–Kier alpha value is -5.34. The number of fused-ring (bicyclic) bond motifs is 9. The van der Waals surface area contributed by atoms with E-state index in [9.17, 15) is 0 Å². The first kappa shape index (κ1) is 29.4. The van der Waals surface area contributed by atoms with Crippen LogP contribution in [0.2, 0.25) is 0 Å². The van der Waals surface area contributed by atoms with E-state index < -0.39 is 0 Å². The quantitative estimate of drug-likeness (QED) is 0.172. The van der Waals surface area contributed by atoms with E-state index in [1.54, 1.807) is 0 Å². The van der Waals surface area contributed by atoms with Gasteiger partial charge in [-0.05, 0) is 52.6 Å². The molecule has 7 aromatic carbocycles. The van der Waals surface area contributed by atoms with E-state index in [4.69, 9.17) is 4.42 Å². The summed E-state index contributed by atoms with van der Waals surface area (Å²) in [4.78, 5) is 0. The Morgan fingerprint density at radius 1 is 0.431 bits per heavy atom. The van der Waals surface area contributed by atoms with Crippen molar-refractivity contribution in [3.05, 3.63) is 168 Å². The second-order valence-electron chi connectivity index (χ2n) is 13.4. The molecule has 0 bridgehead atoms. The summed E-state index contributed by atoms with van der Waals surface area (Å²) in [6, 6.07) is 54.7. The minimum atomic E-state index is -0.171. The zero-order valence-electron chi connectivity index (χ0n) is 27.4. The number of hydrogen-bond donors (Lipinski definition) is 3. The Balaban J connectivity index is 1.01. The summed E-state index contributed by atoms with van der Waals surface area (Å²) in [5, 5.41) is 19.1. The van der Waals surface area contributed by atoms with Crippen molar-refractivity contribution in [1.82, 2.24) is 16.0 Å². The summed E-state index contributed by atoms with van der Waals surface area (Å²) in [5.74, 6) is 0. The lowest BCUT2D eigenvalue weighted by atomic mass is 10.00. The average Bonchev–Trinajstić information content (AvgIpc) is 3.88. The van der Waals surface area contributed by atoms with E-state index in [2.05, 4.69) is 168 Å². The van der Waals surface area contributed by atoms with Gasteiger partial charge in [0.1, 0.15) is 11.2 Å². The van der Waals surface area contributed by atoms with Crippen molar-refractivity contribution in [2.24, 2.45) is 0 Å². The maximum absolute atomic E-state index is 6.85. The standard InChI is InChI=1S/C45H31N3OS2/c1-2-10-26(11-3-1)43-46-44(28-21-23-33-31-12-4-6-18-38(31)50-40(33)25-28)48-45(47-43)36-17-9-15-34-30-22-20-27(24-37(30)49-41(34)36)29-14-8-16-35-32-13-5-7-19-39(32)51-42(29)35/h1-25,43-48H. The number of rotatable bonds is 4. The van der Waals surface area contributed by atoms with Crippen molar-refractivity contribution in [1.29, 1.82) is 0 Å². The molecule has 6 heteroatoms. The smallest absolute Gasteiger partial charge is 0.141 e. The fourth-order valence-electron chi connectivity index (χ4n) is 7.97. The predicted octanol–water partition coefficient (Wildman–Crippen LogP) is 12.2. The summed E-state index contributed by atoms with van der Waals surface area (Å²) in [6.07, 6.45) is -0.340. The van der Waals surface area contributed by atoms with Gasteiger partial charge in [-0.15, -0.1) is 22.7 Å². The van der Waals surface area contributed by atoms with Gasteiger partial charge in [0.15, 0.2) is 0 Å². The van der Waals surface area contributed by atoms with Gasteiger partial charge >= 0.3 is 0 Å². The van der Waals surface area contributed by atoms with E-state index in [0.717, 1.165) is 27.5 Å². The minimum absolute atomic E-state index is 0.0754. The molecule has 0 radical (unpaired) electrons. The molecule has 1 fully saturated rings. The van der Waals surface area contributed by atoms with Crippen LogP contribution >= 0.6 is 22.7 Å². The first-order valence-corrected chi connectivity index (χ1v) is 19.0. The van der Waals surface area contributed by atoms with E-state index in [1.807, 2.05) is 22.7 Å². The average molecular weight is 694 g/mol. The molecule has 0 saturated carbocycles. The van der Waals surface area contributed by atoms with Gasteiger partial charge in [-0.2, -0.15) is 0 Å². The summed E-state index contributed by atoms with van der Waals surface area (Å²) in [7, 11) is 0. The highest BCUT2D eigenvalue weighted by molar-refractivity contribution is 7.26. The fourth-order valence-corrected chi connectivity index (χ4v) is 10.4. The highest BCUT2D eigenvalue weighted by Gasteiger charge is 2.31. The number of furan rings is 1. The molecular weight excluding hydrogens is 663 g/mol. The monoisotopic (exact) mass is 693 g/mol. The van der Waals surface area contributed by atoms with Crippen molar-refractivity contribution in [2.75, 3.05) is 0 Å². The van der Waals surface area contributed by atoms with Crippen LogP contribution in [0.15, 0.2) is 156 Å². The molecule has 51 heavy (non-hydrogen) atoms. The Kier molecular flexibility index (Phi) is 6.69. The molecule has 0 spiro atoms. The SMILES string of the molecule is c1ccc(C2NC(c3ccc4c(c3)sc3ccccc34)NC(c3cccc4c3oc3cc(-c5cccc6c5sc5ccccc56)ccc34)N2)cc1. The van der Waals surface area contributed by atoms with Crippen LogP contribution in [0.5, 0.6) is 0 Å². The number of hydrogen-bond acceptors (Lipinski definition) is 6. The van der Waals surface area contributed by atoms with E-state index >= 15 is 0 Å². The van der Waals surface area contributed by atoms with Crippen LogP contribution in [-0.4, -0.2) is 0 Å². The molecular formula is C45H31N3OS2. The third kappa shape index (κ3) is 4.76. The van der Waals surface area contributed by atoms with Gasteiger partial charge in [-0.25, -0.2) is 0 Å². The third-order valence-electron chi connectivity index (χ3n) is 10.4. The number of nitrogens with one attached hydrogen (secondary N) is 3. The van der Waals surface area contributed by atoms with Crippen molar-refractivity contribution < 1.29 is 4.42 Å². The zero-order valence-corrected chi connectivity index (χ0v) is 29.0. The van der Waals surface area contributed by atoms with Gasteiger partial charge in [0.2, 0.25) is 0 Å². The lowest BCUT2D eigenvalue weighted by Gasteiger charge is -2.39. The van der Waals surface area contributed by atoms with Gasteiger partial charge in [-0.1, -0.05) is 121 Å². The summed E-state index contributed by atoms with van der Waals surface area (Å²) < 4.78 is 12.1. The highest BCUT2D eigenvalue weighted by atomic mass is 32.1. The third-order valence-corrected chi connectivity index (χ3v) is 12.8. The van der Waals surface area contributed by atoms with Gasteiger partial charge in [0.05, 0.1) is 18.5 Å². The highest BCUT2D eigenvalue weighted by Crippen LogP contribution is 2.42. The molecule has 1 aliphatic rings. The van der Waals surface area contributed by atoms with Gasteiger partial charge in [0, 0.05) is 56.7 Å². The van der Waals surface area contributed by atoms with Gasteiger partial charge < -0.3 is 4.42 Å². The van der Waals surface area contributed by atoms with Crippen LogP contribution in [0.4, 0.5) is 0 Å². The summed E-state index contributed by atoms with van der Waals surface area (Å²) >= 11 is 3.71. The normalized spacial score (nSPS) is 18.2. The molecule has 1 aliphatic heterocycles. The fraction of sp³-hybridized carbons (Fsp3) is 0.0667. The molecule has 244 valence electrons. The van der Waals surface area contributed by atoms with Gasteiger partial charge in [-0.3, -0.25) is 16.0 Å². The van der Waals surface area contributed by atoms with Crippen LogP contribution in [0.1, 0.15) is 35.2 Å². The molecule has 3 aromatic heterocycles. The summed E-state index contributed by atoms with van der Waals surface area (Å²) in [6.45, 7) is 0. The topological polar surface area (TPSA) is 49.2 Å². The molecule has 3 unspecified atom stereocenters. The van der Waals surface area contributed by atoms with Crippen molar-refractivity contribution >= 4 is 85.0 Å². The second kappa shape index (κ2) is 11.6. The zero-order chi connectivity index (χ0) is 33.5. The molecule has 4 heterocycles. The number of para-hydroxylation sites is 1. The van der Waals surface area contributed by atoms with Crippen molar-refractivity contribution in [2.45, 2.75) is 18.5 Å². The molecule has 3 atom stereocenters. The molecule has 11 rings (SSSR count). The van der Waals surface area contributed by atoms with Crippen LogP contribution in [0.25, 0.3) is 73.4 Å². The van der Waals surface area contributed by atoms with Crippen molar-refractivity contribution in [3.63, 3.8) is 0 Å². The van der Waals surface area contributed by atoms with Crippen LogP contribution in [0, 0.1) is 0 Å². The first-order valence-electron chi connectivity index (χ1n) is 17.4. The molecule has 1 saturated heterocycles. The van der Waals surface area contributed by atoms with E-state index in [0.29, 0.717) is 0 Å². The molecule has 0 aliphatic carbocycles. The maximum Gasteiger partial charge on any atom is 0.141 e. The lowest BCUT2D eigenvalue weighted by molar-refractivity contribution is 0.203. The lowest BCUT2D eigenvalue weighted by Crippen LogP contribution is -2.54. The van der Waals surface area contributed by atoms with E-state index in [-0.39, 0.29) is 18.5 Å². The largest absolute Gasteiger partial charge is 0.456 e. The van der Waals surface area contributed by atoms with Crippen molar-refractivity contribution in [3.8, 4) is 11.1 Å². The van der Waals surface area contributed by atoms with E-state index in [1.165, 1.54) is 62.6 Å². The van der Waals surface area contributed by atoms with Gasteiger partial charge in [0.25, 0.3) is 0 Å². The maximum atomic E-state index is 6.85. The van der Waals surface area contributed by atoms with Crippen LogP contribution in [-0.2, 0) is 0 Å². The molecule has 10 aromatic rings. The Morgan fingerprint density at radius 2 is 1.08 bits per heavy atom. The minimum Gasteiger partial charge on any atom is -0.456 e. The molecule has 4 nitrogen and oxygen atoms in total. The number of benzene rings is 7. The summed E-state index contributed by atoms with van der Waals surface area (Å²) in [5.41, 5.74) is 7.69. The Bertz CT molecular complexity index is 2940. The molecule has 0 amide bonds. The molecule has 3 N–H and O–H groups in total. The second-order valence-corrected chi connectivity index (χ2v) is 15.5. The number of thiophene rings is 2. The van der Waals surface area contributed by atoms with Crippen LogP contribution in [0.3, 0.4) is 0 Å². The van der Waals surface area contributed by atoms with Crippen LogP contribution < -0.4 is 16.0 Å². The Morgan fingerprint density at radius 3 is 1.94 bits per heavy atom. The first-order chi connectivity index (χ1) is 25.2.